The molecule has 1 aliphatic heterocycles. The summed E-state index contributed by atoms with van der Waals surface area (Å²) in [7, 11) is 0. The molecular formula is C25H32N2O3. The Morgan fingerprint density at radius 1 is 1.10 bits per heavy atom. The summed E-state index contributed by atoms with van der Waals surface area (Å²) >= 11 is 0. The van der Waals surface area contributed by atoms with Gasteiger partial charge in [0, 0.05) is 17.8 Å². The van der Waals surface area contributed by atoms with Crippen LogP contribution in [-0.2, 0) is 10.2 Å². The van der Waals surface area contributed by atoms with E-state index in [4.69, 9.17) is 4.74 Å². The molecule has 1 N–H and O–H groups in total. The number of amides is 2. The maximum atomic E-state index is 12.7. The van der Waals surface area contributed by atoms with Crippen molar-refractivity contribution in [3.63, 3.8) is 0 Å². The summed E-state index contributed by atoms with van der Waals surface area (Å²) < 4.78 is 5.77. The number of nitrogens with zero attached hydrogens (tertiary/aromatic N) is 1. The van der Waals surface area contributed by atoms with Crippen LogP contribution in [-0.4, -0.2) is 24.5 Å². The molecule has 2 aromatic carbocycles. The second kappa shape index (κ2) is 8.90. The molecule has 5 nitrogen and oxygen atoms in total. The summed E-state index contributed by atoms with van der Waals surface area (Å²) in [5, 5.41) is 2.95. The topological polar surface area (TPSA) is 58.6 Å². The van der Waals surface area contributed by atoms with Crippen LogP contribution in [0.4, 0.5) is 11.4 Å². The first-order valence-electron chi connectivity index (χ1n) is 10.7. The van der Waals surface area contributed by atoms with Crippen LogP contribution in [0.3, 0.4) is 0 Å². The Hall–Kier alpha value is -2.82. The Morgan fingerprint density at radius 2 is 1.80 bits per heavy atom. The lowest BCUT2D eigenvalue weighted by Crippen LogP contribution is -2.44. The zero-order chi connectivity index (χ0) is 21.9. The van der Waals surface area contributed by atoms with Crippen molar-refractivity contribution in [2.24, 2.45) is 0 Å². The van der Waals surface area contributed by atoms with Crippen LogP contribution >= 0.6 is 0 Å². The number of carbonyl (C=O) groups is 2. The molecule has 30 heavy (non-hydrogen) atoms. The summed E-state index contributed by atoms with van der Waals surface area (Å²) in [6, 6.07) is 13.1. The van der Waals surface area contributed by atoms with E-state index in [-0.39, 0.29) is 17.2 Å². The van der Waals surface area contributed by atoms with Gasteiger partial charge in [0.25, 0.3) is 11.8 Å². The SMILES string of the molecule is CCCCCN1C(=O)C(C)Oc2ccc(NC(=O)c3ccc(C(C)(C)C)cc3)cc21. The van der Waals surface area contributed by atoms with E-state index in [0.717, 1.165) is 24.9 Å². The number of rotatable bonds is 6. The van der Waals surface area contributed by atoms with Gasteiger partial charge in [-0.15, -0.1) is 0 Å². The fourth-order valence-corrected chi connectivity index (χ4v) is 3.56. The Labute approximate surface area is 179 Å². The standard InChI is InChI=1S/C25H32N2O3/c1-6-7-8-15-27-21-16-20(13-14-22(21)30-17(2)24(27)29)26-23(28)18-9-11-19(12-10-18)25(3,4)5/h9-14,16-17H,6-8,15H2,1-5H3,(H,26,28). The predicted octanol–water partition coefficient (Wildman–Crippen LogP) is 5.54. The molecule has 1 unspecified atom stereocenters. The largest absolute Gasteiger partial charge is 0.479 e. The molecule has 3 rings (SSSR count). The highest BCUT2D eigenvalue weighted by Gasteiger charge is 2.31. The number of hydrogen-bond acceptors (Lipinski definition) is 3. The summed E-state index contributed by atoms with van der Waals surface area (Å²) in [6.07, 6.45) is 2.59. The number of carbonyl (C=O) groups excluding carboxylic acids is 2. The van der Waals surface area contributed by atoms with E-state index < -0.39 is 6.10 Å². The average molecular weight is 409 g/mol. The molecule has 0 saturated carbocycles. The van der Waals surface area contributed by atoms with Crippen LogP contribution in [0.15, 0.2) is 42.5 Å². The van der Waals surface area contributed by atoms with Gasteiger partial charge in [-0.05, 0) is 54.7 Å². The molecule has 160 valence electrons. The van der Waals surface area contributed by atoms with Crippen LogP contribution in [0.2, 0.25) is 0 Å². The van der Waals surface area contributed by atoms with Crippen molar-refractivity contribution in [1.29, 1.82) is 0 Å². The Balaban J connectivity index is 1.79. The highest BCUT2D eigenvalue weighted by Crippen LogP contribution is 2.36. The summed E-state index contributed by atoms with van der Waals surface area (Å²) in [5.41, 5.74) is 3.18. The van der Waals surface area contributed by atoms with Crippen LogP contribution in [0.25, 0.3) is 0 Å². The molecule has 2 amide bonds. The molecule has 0 fully saturated rings. The van der Waals surface area contributed by atoms with Crippen molar-refractivity contribution in [2.45, 2.75) is 65.4 Å². The molecular weight excluding hydrogens is 376 g/mol. The summed E-state index contributed by atoms with van der Waals surface area (Å²) in [5.74, 6) is 0.454. The van der Waals surface area contributed by atoms with Gasteiger partial charge in [0.1, 0.15) is 5.75 Å². The summed E-state index contributed by atoms with van der Waals surface area (Å²) in [4.78, 5) is 27.2. The molecule has 2 aromatic rings. The first kappa shape index (κ1) is 21.9. The van der Waals surface area contributed by atoms with Gasteiger partial charge in [-0.1, -0.05) is 52.7 Å². The van der Waals surface area contributed by atoms with E-state index in [1.165, 1.54) is 5.56 Å². The van der Waals surface area contributed by atoms with E-state index in [0.29, 0.717) is 23.5 Å². The molecule has 0 aliphatic carbocycles. The van der Waals surface area contributed by atoms with Crippen molar-refractivity contribution >= 4 is 23.2 Å². The van der Waals surface area contributed by atoms with Gasteiger partial charge in [0.05, 0.1) is 5.69 Å². The molecule has 0 spiro atoms. The van der Waals surface area contributed by atoms with Gasteiger partial charge < -0.3 is 15.0 Å². The van der Waals surface area contributed by atoms with Crippen molar-refractivity contribution < 1.29 is 14.3 Å². The fourth-order valence-electron chi connectivity index (χ4n) is 3.56. The number of fused-ring (bicyclic) bond motifs is 1. The number of unbranched alkanes of at least 4 members (excludes halogenated alkanes) is 2. The van der Waals surface area contributed by atoms with Crippen LogP contribution in [0, 0.1) is 0 Å². The monoisotopic (exact) mass is 408 g/mol. The molecule has 0 aromatic heterocycles. The lowest BCUT2D eigenvalue weighted by Gasteiger charge is -2.33. The molecule has 0 bridgehead atoms. The number of benzene rings is 2. The molecule has 0 saturated heterocycles. The van der Waals surface area contributed by atoms with Crippen LogP contribution < -0.4 is 15.0 Å². The number of nitrogens with one attached hydrogen (secondary N) is 1. The lowest BCUT2D eigenvalue weighted by molar-refractivity contribution is -0.125. The molecule has 5 heteroatoms. The predicted molar refractivity (Wildman–Crippen MR) is 122 cm³/mol. The van der Waals surface area contributed by atoms with E-state index in [1.807, 2.05) is 42.5 Å². The van der Waals surface area contributed by atoms with E-state index >= 15 is 0 Å². The highest BCUT2D eigenvalue weighted by molar-refractivity contribution is 6.05. The van der Waals surface area contributed by atoms with Gasteiger partial charge in [0.2, 0.25) is 0 Å². The van der Waals surface area contributed by atoms with Crippen LogP contribution in [0.1, 0.15) is 69.8 Å². The minimum absolute atomic E-state index is 0.0401. The normalized spacial score (nSPS) is 16.1. The second-order valence-corrected chi connectivity index (χ2v) is 8.92. The van der Waals surface area contributed by atoms with E-state index in [1.54, 1.807) is 11.8 Å². The van der Waals surface area contributed by atoms with Crippen molar-refractivity contribution in [3.8, 4) is 5.75 Å². The van der Waals surface area contributed by atoms with Crippen molar-refractivity contribution in [1.82, 2.24) is 0 Å². The molecule has 1 heterocycles. The Morgan fingerprint density at radius 3 is 2.43 bits per heavy atom. The third kappa shape index (κ3) is 4.84. The number of anilines is 2. The minimum atomic E-state index is -0.499. The Kier molecular flexibility index (Phi) is 6.49. The van der Waals surface area contributed by atoms with Crippen molar-refractivity contribution in [3.05, 3.63) is 53.6 Å². The second-order valence-electron chi connectivity index (χ2n) is 8.92. The number of ether oxygens (including phenoxy) is 1. The molecule has 1 aliphatic rings. The maximum absolute atomic E-state index is 12.7. The molecule has 0 radical (unpaired) electrons. The zero-order valence-corrected chi connectivity index (χ0v) is 18.6. The highest BCUT2D eigenvalue weighted by atomic mass is 16.5. The van der Waals surface area contributed by atoms with E-state index in [2.05, 4.69) is 33.0 Å². The van der Waals surface area contributed by atoms with Gasteiger partial charge in [-0.2, -0.15) is 0 Å². The minimum Gasteiger partial charge on any atom is -0.479 e. The quantitative estimate of drug-likeness (QED) is 0.639. The lowest BCUT2D eigenvalue weighted by atomic mass is 9.87. The third-order valence-electron chi connectivity index (χ3n) is 5.42. The zero-order valence-electron chi connectivity index (χ0n) is 18.6. The van der Waals surface area contributed by atoms with Gasteiger partial charge >= 0.3 is 0 Å². The summed E-state index contributed by atoms with van der Waals surface area (Å²) in [6.45, 7) is 11.0. The van der Waals surface area contributed by atoms with Crippen molar-refractivity contribution in [2.75, 3.05) is 16.8 Å². The maximum Gasteiger partial charge on any atom is 0.267 e. The van der Waals surface area contributed by atoms with Gasteiger partial charge in [-0.25, -0.2) is 0 Å². The Bertz CT molecular complexity index is 913. The number of hydrogen-bond donors (Lipinski definition) is 1. The smallest absolute Gasteiger partial charge is 0.267 e. The van der Waals surface area contributed by atoms with Crippen LogP contribution in [0.5, 0.6) is 5.75 Å². The van der Waals surface area contributed by atoms with E-state index in [9.17, 15) is 9.59 Å². The average Bonchev–Trinajstić information content (AvgIpc) is 2.71. The van der Waals surface area contributed by atoms with Gasteiger partial charge in [-0.3, -0.25) is 9.59 Å². The molecule has 1 atom stereocenters. The first-order chi connectivity index (χ1) is 14.2. The fraction of sp³-hybridized carbons (Fsp3) is 0.440. The van der Waals surface area contributed by atoms with Gasteiger partial charge in [0.15, 0.2) is 6.10 Å². The first-order valence-corrected chi connectivity index (χ1v) is 10.7. The third-order valence-corrected chi connectivity index (χ3v) is 5.42.